The molecule has 18 heavy (non-hydrogen) atoms. The molecule has 1 aliphatic heterocycles. The largest absolute Gasteiger partial charge is 0.390 e. The predicted octanol–water partition coefficient (Wildman–Crippen LogP) is 0.261. The van der Waals surface area contributed by atoms with E-state index in [-0.39, 0.29) is 11.5 Å². The van der Waals surface area contributed by atoms with E-state index in [1.165, 1.54) is 17.7 Å². The molecular formula is C10H11N3O3S2. The van der Waals surface area contributed by atoms with Gasteiger partial charge in [-0.15, -0.1) is 11.3 Å². The van der Waals surface area contributed by atoms with Gasteiger partial charge in [-0.2, -0.15) is 0 Å². The standard InChI is InChI=1S/C10H11N3O3S2/c14-8-4-18(15,16)3-7(8)13-10-9-6(1-2-17-9)11-5-12-10/h1-2,5,7-8,14H,3-4H2,(H,11,12,13)/t7-,8-/m1/s1. The van der Waals surface area contributed by atoms with E-state index in [1.54, 1.807) is 0 Å². The van der Waals surface area contributed by atoms with Crippen LogP contribution in [0.5, 0.6) is 0 Å². The number of hydrogen-bond acceptors (Lipinski definition) is 7. The molecule has 2 atom stereocenters. The molecule has 2 N–H and O–H groups in total. The van der Waals surface area contributed by atoms with Crippen LogP contribution in [0.1, 0.15) is 0 Å². The zero-order valence-corrected chi connectivity index (χ0v) is 10.9. The van der Waals surface area contributed by atoms with Crippen molar-refractivity contribution in [1.29, 1.82) is 0 Å². The summed E-state index contributed by atoms with van der Waals surface area (Å²) >= 11 is 1.48. The van der Waals surface area contributed by atoms with Gasteiger partial charge in [-0.25, -0.2) is 18.4 Å². The Morgan fingerprint density at radius 3 is 2.94 bits per heavy atom. The molecule has 6 nitrogen and oxygen atoms in total. The highest BCUT2D eigenvalue weighted by atomic mass is 32.2. The van der Waals surface area contributed by atoms with E-state index in [1.807, 2.05) is 11.4 Å². The molecule has 96 valence electrons. The van der Waals surface area contributed by atoms with Crippen LogP contribution in [0.15, 0.2) is 17.8 Å². The molecule has 0 unspecified atom stereocenters. The lowest BCUT2D eigenvalue weighted by Crippen LogP contribution is -2.32. The SMILES string of the molecule is O=S1(=O)C[C@@H](O)[C@H](Nc2ncnc3ccsc23)C1. The van der Waals surface area contributed by atoms with Crippen molar-refractivity contribution in [1.82, 2.24) is 9.97 Å². The lowest BCUT2D eigenvalue weighted by Gasteiger charge is -2.15. The van der Waals surface area contributed by atoms with Gasteiger partial charge in [-0.1, -0.05) is 0 Å². The molecule has 0 saturated carbocycles. The molecular weight excluding hydrogens is 274 g/mol. The minimum Gasteiger partial charge on any atom is -0.390 e. The van der Waals surface area contributed by atoms with Crippen LogP contribution in [0.3, 0.4) is 0 Å². The number of nitrogens with zero attached hydrogens (tertiary/aromatic N) is 2. The minimum absolute atomic E-state index is 0.0644. The van der Waals surface area contributed by atoms with Gasteiger partial charge < -0.3 is 10.4 Å². The molecule has 0 spiro atoms. The van der Waals surface area contributed by atoms with Crippen molar-refractivity contribution >= 4 is 37.2 Å². The van der Waals surface area contributed by atoms with Crippen LogP contribution in [0, 0.1) is 0 Å². The van der Waals surface area contributed by atoms with E-state index in [2.05, 4.69) is 15.3 Å². The highest BCUT2D eigenvalue weighted by Gasteiger charge is 2.36. The molecule has 0 bridgehead atoms. The number of nitrogens with one attached hydrogen (secondary N) is 1. The highest BCUT2D eigenvalue weighted by molar-refractivity contribution is 7.91. The van der Waals surface area contributed by atoms with Crippen LogP contribution >= 0.6 is 11.3 Å². The van der Waals surface area contributed by atoms with E-state index in [9.17, 15) is 13.5 Å². The molecule has 8 heteroatoms. The number of thiophene rings is 1. The Balaban J connectivity index is 1.91. The third kappa shape index (κ3) is 2.06. The number of anilines is 1. The van der Waals surface area contributed by atoms with Crippen molar-refractivity contribution < 1.29 is 13.5 Å². The number of hydrogen-bond donors (Lipinski definition) is 2. The summed E-state index contributed by atoms with van der Waals surface area (Å²) in [5.74, 6) is 0.324. The van der Waals surface area contributed by atoms with Crippen LogP contribution in [0.2, 0.25) is 0 Å². The first-order valence-corrected chi connectivity index (χ1v) is 8.08. The molecule has 1 fully saturated rings. The summed E-state index contributed by atoms with van der Waals surface area (Å²) < 4.78 is 23.7. The van der Waals surface area contributed by atoms with Gasteiger partial charge in [0.25, 0.3) is 0 Å². The number of aromatic nitrogens is 2. The molecule has 2 aromatic rings. The van der Waals surface area contributed by atoms with E-state index in [4.69, 9.17) is 0 Å². The molecule has 3 rings (SSSR count). The Morgan fingerprint density at radius 1 is 1.39 bits per heavy atom. The van der Waals surface area contributed by atoms with Crippen molar-refractivity contribution in [2.75, 3.05) is 16.8 Å². The van der Waals surface area contributed by atoms with Crippen molar-refractivity contribution in [2.45, 2.75) is 12.1 Å². The minimum atomic E-state index is -3.16. The first-order chi connectivity index (χ1) is 8.55. The zero-order valence-electron chi connectivity index (χ0n) is 9.28. The number of aliphatic hydroxyl groups is 1. The lowest BCUT2D eigenvalue weighted by atomic mass is 10.2. The zero-order chi connectivity index (χ0) is 12.8. The maximum atomic E-state index is 11.4. The van der Waals surface area contributed by atoms with Gasteiger partial charge in [0.2, 0.25) is 0 Å². The highest BCUT2D eigenvalue weighted by Crippen LogP contribution is 2.27. The fraction of sp³-hybridized carbons (Fsp3) is 0.400. The van der Waals surface area contributed by atoms with E-state index in [0.717, 1.165) is 10.2 Å². The summed E-state index contributed by atoms with van der Waals surface area (Å²) in [6, 6.07) is 1.37. The quantitative estimate of drug-likeness (QED) is 0.822. The smallest absolute Gasteiger partial charge is 0.155 e. The summed E-state index contributed by atoms with van der Waals surface area (Å²) in [5.41, 5.74) is 0.813. The van der Waals surface area contributed by atoms with Crippen LogP contribution in [0.4, 0.5) is 5.82 Å². The van der Waals surface area contributed by atoms with Gasteiger partial charge in [-0.05, 0) is 11.4 Å². The number of rotatable bonds is 2. The third-order valence-corrected chi connectivity index (χ3v) is 5.51. The van der Waals surface area contributed by atoms with Gasteiger partial charge in [-0.3, -0.25) is 0 Å². The molecule has 0 aromatic carbocycles. The first-order valence-electron chi connectivity index (χ1n) is 5.38. The number of sulfone groups is 1. The normalized spacial score (nSPS) is 26.5. The Morgan fingerprint density at radius 2 is 2.22 bits per heavy atom. The average molecular weight is 285 g/mol. The van der Waals surface area contributed by atoms with Crippen molar-refractivity contribution in [3.05, 3.63) is 17.8 Å². The summed E-state index contributed by atoms with van der Waals surface area (Å²) in [5, 5.41) is 14.6. The maximum Gasteiger partial charge on any atom is 0.155 e. The Kier molecular flexibility index (Phi) is 2.72. The topological polar surface area (TPSA) is 92.2 Å². The van der Waals surface area contributed by atoms with Crippen LogP contribution in [-0.4, -0.2) is 47.1 Å². The van der Waals surface area contributed by atoms with Crippen molar-refractivity contribution in [3.8, 4) is 0 Å². The molecule has 1 aliphatic rings. The van der Waals surface area contributed by atoms with E-state index >= 15 is 0 Å². The van der Waals surface area contributed by atoms with Crippen molar-refractivity contribution in [2.24, 2.45) is 0 Å². The second-order valence-corrected chi connectivity index (χ2v) is 7.32. The summed E-state index contributed by atoms with van der Waals surface area (Å²) in [7, 11) is -3.16. The van der Waals surface area contributed by atoms with Crippen LogP contribution < -0.4 is 5.32 Å². The molecule has 0 aliphatic carbocycles. The third-order valence-electron chi connectivity index (χ3n) is 2.89. The number of aliphatic hydroxyl groups excluding tert-OH is 1. The summed E-state index contributed by atoms with van der Waals surface area (Å²) in [4.78, 5) is 8.21. The van der Waals surface area contributed by atoms with Crippen LogP contribution in [0.25, 0.3) is 10.2 Å². The molecule has 0 amide bonds. The second kappa shape index (κ2) is 4.15. The van der Waals surface area contributed by atoms with Gasteiger partial charge in [0.05, 0.1) is 33.9 Å². The monoisotopic (exact) mass is 285 g/mol. The summed E-state index contributed by atoms with van der Waals surface area (Å²) in [6.45, 7) is 0. The van der Waals surface area contributed by atoms with Gasteiger partial charge in [0.15, 0.2) is 9.84 Å². The van der Waals surface area contributed by atoms with Gasteiger partial charge >= 0.3 is 0 Å². The van der Waals surface area contributed by atoms with E-state index in [0.29, 0.717) is 5.82 Å². The second-order valence-electron chi connectivity index (χ2n) is 4.25. The average Bonchev–Trinajstić information content (AvgIpc) is 2.84. The predicted molar refractivity (Wildman–Crippen MR) is 69.5 cm³/mol. The Bertz CT molecular complexity index is 682. The van der Waals surface area contributed by atoms with Gasteiger partial charge in [0, 0.05) is 0 Å². The van der Waals surface area contributed by atoms with E-state index < -0.39 is 22.0 Å². The molecule has 2 aromatic heterocycles. The fourth-order valence-corrected chi connectivity index (χ4v) is 4.57. The molecule has 3 heterocycles. The molecule has 0 radical (unpaired) electrons. The first kappa shape index (κ1) is 11.8. The number of fused-ring (bicyclic) bond motifs is 1. The summed E-state index contributed by atoms with van der Waals surface area (Å²) in [6.07, 6.45) is 0.535. The molecule has 1 saturated heterocycles. The maximum absolute atomic E-state index is 11.4. The Labute approximate surface area is 108 Å². The van der Waals surface area contributed by atoms with Crippen molar-refractivity contribution in [3.63, 3.8) is 0 Å². The van der Waals surface area contributed by atoms with Gasteiger partial charge in [0.1, 0.15) is 12.1 Å². The van der Waals surface area contributed by atoms with Crippen LogP contribution in [-0.2, 0) is 9.84 Å². The fourth-order valence-electron chi connectivity index (χ4n) is 2.03. The lowest BCUT2D eigenvalue weighted by molar-refractivity contribution is 0.190. The Hall–Kier alpha value is -1.25.